The van der Waals surface area contributed by atoms with Crippen LogP contribution in [0.3, 0.4) is 0 Å². The van der Waals surface area contributed by atoms with Crippen LogP contribution in [0.1, 0.15) is 0 Å². The lowest BCUT2D eigenvalue weighted by atomic mass is 9.90. The van der Waals surface area contributed by atoms with Crippen molar-refractivity contribution in [1.82, 2.24) is 0 Å². The molecule has 5 rings (SSSR count). The van der Waals surface area contributed by atoms with Gasteiger partial charge in [-0.05, 0) is 51.0 Å². The molecule has 0 amide bonds. The maximum atomic E-state index is 7.03. The Bertz CT molecular complexity index is 1260. The average molecular weight is 365 g/mol. The summed E-state index contributed by atoms with van der Waals surface area (Å²) in [5.41, 5.74) is 4.56. The van der Waals surface area contributed by atoms with Crippen LogP contribution >= 0.6 is 11.6 Å². The summed E-state index contributed by atoms with van der Waals surface area (Å²) >= 11 is 7.03. The van der Waals surface area contributed by atoms with Crippen LogP contribution in [-0.4, -0.2) is 0 Å². The van der Waals surface area contributed by atoms with Gasteiger partial charge in [0.05, 0.1) is 5.02 Å². The summed E-state index contributed by atoms with van der Waals surface area (Å²) in [5.74, 6) is 0. The van der Waals surface area contributed by atoms with Crippen molar-refractivity contribution >= 4 is 33.1 Å². The third-order valence-corrected chi connectivity index (χ3v) is 5.48. The van der Waals surface area contributed by atoms with E-state index in [2.05, 4.69) is 91.0 Å². The zero-order valence-electron chi connectivity index (χ0n) is 14.7. The van der Waals surface area contributed by atoms with Crippen LogP contribution in [0, 0.1) is 0 Å². The fraction of sp³-hybridized carbons (Fsp3) is 0. The van der Waals surface area contributed by atoms with Gasteiger partial charge in [0, 0.05) is 10.9 Å². The van der Waals surface area contributed by atoms with Crippen LogP contribution in [0.4, 0.5) is 0 Å². The molecule has 0 heterocycles. The molecule has 0 bridgehead atoms. The Hall–Kier alpha value is -3.09. The molecule has 1 heteroatoms. The van der Waals surface area contributed by atoms with Gasteiger partial charge < -0.3 is 0 Å². The summed E-state index contributed by atoms with van der Waals surface area (Å²) in [7, 11) is 0. The summed E-state index contributed by atoms with van der Waals surface area (Å²) in [6.07, 6.45) is 0. The molecule has 0 aromatic heterocycles. The molecule has 0 N–H and O–H groups in total. The zero-order valence-corrected chi connectivity index (χ0v) is 15.4. The first kappa shape index (κ1) is 16.1. The monoisotopic (exact) mass is 364 g/mol. The Kier molecular flexibility index (Phi) is 3.92. The number of rotatable bonds is 2. The van der Waals surface area contributed by atoms with Gasteiger partial charge in [0.15, 0.2) is 0 Å². The van der Waals surface area contributed by atoms with Crippen molar-refractivity contribution < 1.29 is 0 Å². The first-order valence-electron chi connectivity index (χ1n) is 9.07. The molecule has 0 radical (unpaired) electrons. The highest BCUT2D eigenvalue weighted by Gasteiger charge is 2.15. The van der Waals surface area contributed by atoms with Gasteiger partial charge in [-0.1, -0.05) is 96.5 Å². The molecule has 5 aromatic carbocycles. The van der Waals surface area contributed by atoms with Crippen LogP contribution < -0.4 is 0 Å². The normalized spacial score (nSPS) is 11.1. The second-order valence-corrected chi connectivity index (χ2v) is 7.14. The first-order chi connectivity index (χ1) is 13.3. The van der Waals surface area contributed by atoms with Crippen LogP contribution in [0.5, 0.6) is 0 Å². The van der Waals surface area contributed by atoms with Crippen molar-refractivity contribution in [3.63, 3.8) is 0 Å². The molecular formula is C26H17Cl. The second-order valence-electron chi connectivity index (χ2n) is 6.77. The molecule has 0 aliphatic heterocycles. The molecule has 0 aliphatic rings. The molecule has 128 valence electrons. The predicted octanol–water partition coefficient (Wildman–Crippen LogP) is 7.98. The number of halogens is 1. The van der Waals surface area contributed by atoms with E-state index in [0.29, 0.717) is 0 Å². The van der Waals surface area contributed by atoms with Crippen LogP contribution in [0.25, 0.3) is 43.8 Å². The summed E-state index contributed by atoms with van der Waals surface area (Å²) in [5, 5.41) is 5.50. The molecule has 0 fully saturated rings. The van der Waals surface area contributed by atoms with Gasteiger partial charge in [-0.3, -0.25) is 0 Å². The molecule has 0 saturated carbocycles. The van der Waals surface area contributed by atoms with E-state index in [1.165, 1.54) is 16.3 Å². The minimum absolute atomic E-state index is 0.809. The lowest BCUT2D eigenvalue weighted by molar-refractivity contribution is 1.61. The lowest BCUT2D eigenvalue weighted by Crippen LogP contribution is -1.89. The first-order valence-corrected chi connectivity index (χ1v) is 9.45. The Morgan fingerprint density at radius 3 is 1.70 bits per heavy atom. The van der Waals surface area contributed by atoms with E-state index in [0.717, 1.165) is 32.5 Å². The minimum Gasteiger partial charge on any atom is -0.0830 e. The number of benzene rings is 5. The zero-order chi connectivity index (χ0) is 18.2. The highest BCUT2D eigenvalue weighted by Crippen LogP contribution is 2.43. The SMILES string of the molecule is Clc1c(-c2ccccc2)c(-c2ccccc2)cc2cc3ccccc3cc12. The molecule has 27 heavy (non-hydrogen) atoms. The Balaban J connectivity index is 1.92. The average Bonchev–Trinajstić information content (AvgIpc) is 2.74. The highest BCUT2D eigenvalue weighted by atomic mass is 35.5. The maximum absolute atomic E-state index is 7.03. The van der Waals surface area contributed by atoms with Crippen molar-refractivity contribution in [3.8, 4) is 22.3 Å². The van der Waals surface area contributed by atoms with E-state index in [9.17, 15) is 0 Å². The maximum Gasteiger partial charge on any atom is 0.0569 e. The van der Waals surface area contributed by atoms with Gasteiger partial charge in [0.25, 0.3) is 0 Å². The summed E-state index contributed by atoms with van der Waals surface area (Å²) in [4.78, 5) is 0. The van der Waals surface area contributed by atoms with Gasteiger partial charge in [-0.25, -0.2) is 0 Å². The molecule has 0 atom stereocenters. The van der Waals surface area contributed by atoms with E-state index in [4.69, 9.17) is 11.6 Å². The van der Waals surface area contributed by atoms with Crippen molar-refractivity contribution in [3.05, 3.63) is 108 Å². The van der Waals surface area contributed by atoms with E-state index in [1.807, 2.05) is 12.1 Å². The van der Waals surface area contributed by atoms with Gasteiger partial charge in [0.2, 0.25) is 0 Å². The van der Waals surface area contributed by atoms with Crippen LogP contribution in [0.2, 0.25) is 5.02 Å². The molecule has 0 unspecified atom stereocenters. The third-order valence-electron chi connectivity index (χ3n) is 5.09. The number of hydrogen-bond donors (Lipinski definition) is 0. The standard InChI is InChI=1S/C26H17Cl/c27-26-24-16-21-14-8-7-13-20(21)15-22(24)17-23(18-9-3-1-4-10-18)25(26)19-11-5-2-6-12-19/h1-17H. The quantitative estimate of drug-likeness (QED) is 0.278. The van der Waals surface area contributed by atoms with Crippen molar-refractivity contribution in [2.75, 3.05) is 0 Å². The molecule has 0 spiro atoms. The third kappa shape index (κ3) is 2.79. The number of hydrogen-bond acceptors (Lipinski definition) is 0. The molecule has 0 aliphatic carbocycles. The van der Waals surface area contributed by atoms with Crippen molar-refractivity contribution in [2.24, 2.45) is 0 Å². The summed E-state index contributed by atoms with van der Waals surface area (Å²) in [6, 6.07) is 36.0. The van der Waals surface area contributed by atoms with Gasteiger partial charge >= 0.3 is 0 Å². The Morgan fingerprint density at radius 1 is 0.481 bits per heavy atom. The van der Waals surface area contributed by atoms with E-state index >= 15 is 0 Å². The number of fused-ring (bicyclic) bond motifs is 2. The summed E-state index contributed by atoms with van der Waals surface area (Å²) in [6.45, 7) is 0. The van der Waals surface area contributed by atoms with E-state index < -0.39 is 0 Å². The van der Waals surface area contributed by atoms with Gasteiger partial charge in [0.1, 0.15) is 0 Å². The van der Waals surface area contributed by atoms with Gasteiger partial charge in [-0.15, -0.1) is 0 Å². The van der Waals surface area contributed by atoms with Gasteiger partial charge in [-0.2, -0.15) is 0 Å². The largest absolute Gasteiger partial charge is 0.0830 e. The lowest BCUT2D eigenvalue weighted by Gasteiger charge is -2.16. The summed E-state index contributed by atoms with van der Waals surface area (Å²) < 4.78 is 0. The fourth-order valence-corrected chi connectivity index (χ4v) is 4.15. The van der Waals surface area contributed by atoms with Crippen molar-refractivity contribution in [1.29, 1.82) is 0 Å². The van der Waals surface area contributed by atoms with E-state index in [-0.39, 0.29) is 0 Å². The molecule has 0 saturated heterocycles. The predicted molar refractivity (Wildman–Crippen MR) is 117 cm³/mol. The van der Waals surface area contributed by atoms with Crippen LogP contribution in [0.15, 0.2) is 103 Å². The Morgan fingerprint density at radius 2 is 1.04 bits per heavy atom. The topological polar surface area (TPSA) is 0 Å². The molecule has 5 aromatic rings. The molecular weight excluding hydrogens is 348 g/mol. The van der Waals surface area contributed by atoms with E-state index in [1.54, 1.807) is 0 Å². The van der Waals surface area contributed by atoms with Crippen molar-refractivity contribution in [2.45, 2.75) is 0 Å². The highest BCUT2D eigenvalue weighted by molar-refractivity contribution is 6.39. The van der Waals surface area contributed by atoms with Crippen LogP contribution in [-0.2, 0) is 0 Å². The fourth-order valence-electron chi connectivity index (χ4n) is 3.78. The molecule has 0 nitrogen and oxygen atoms in total. The minimum atomic E-state index is 0.809. The Labute approximate surface area is 163 Å². The smallest absolute Gasteiger partial charge is 0.0569 e. The second kappa shape index (κ2) is 6.57.